The lowest BCUT2D eigenvalue weighted by Crippen LogP contribution is -2.31. The van der Waals surface area contributed by atoms with Crippen LogP contribution in [0.4, 0.5) is 5.69 Å². The Bertz CT molecular complexity index is 555. The molecular formula is C15H18BrClN2O. The molecule has 2 aliphatic rings. The minimum Gasteiger partial charge on any atom is -0.325 e. The monoisotopic (exact) mass is 356 g/mol. The Kier molecular flexibility index (Phi) is 3.82. The van der Waals surface area contributed by atoms with Crippen molar-refractivity contribution in [2.75, 3.05) is 18.4 Å². The number of halogens is 2. The van der Waals surface area contributed by atoms with Crippen LogP contribution in [-0.4, -0.2) is 19.0 Å². The van der Waals surface area contributed by atoms with Crippen LogP contribution in [0.5, 0.6) is 0 Å². The van der Waals surface area contributed by atoms with E-state index in [2.05, 4.69) is 26.6 Å². The third-order valence-corrected chi connectivity index (χ3v) is 5.68. The van der Waals surface area contributed by atoms with E-state index in [1.54, 1.807) is 0 Å². The third-order valence-electron chi connectivity index (χ3n) is 4.61. The SMILES string of the molecule is Cc1cc(Br)c(NC(=O)C2CC23CCNCC3)cc1Cl. The van der Waals surface area contributed by atoms with E-state index in [1.165, 1.54) is 0 Å². The number of anilines is 1. The van der Waals surface area contributed by atoms with Gasteiger partial charge in [-0.15, -0.1) is 0 Å². The standard InChI is InChI=1S/C15H18BrClN2O/c1-9-6-11(16)13(7-12(9)17)19-14(20)10-8-15(10)2-4-18-5-3-15/h6-7,10,18H,2-5,8H2,1H3,(H,19,20). The van der Waals surface area contributed by atoms with Gasteiger partial charge in [0, 0.05) is 15.4 Å². The summed E-state index contributed by atoms with van der Waals surface area (Å²) in [5, 5.41) is 7.05. The van der Waals surface area contributed by atoms with Crippen LogP contribution >= 0.6 is 27.5 Å². The first-order chi connectivity index (χ1) is 9.52. The van der Waals surface area contributed by atoms with Gasteiger partial charge in [0.15, 0.2) is 0 Å². The molecule has 1 spiro atoms. The van der Waals surface area contributed by atoms with Gasteiger partial charge >= 0.3 is 0 Å². The maximum absolute atomic E-state index is 12.4. The summed E-state index contributed by atoms with van der Waals surface area (Å²) in [6, 6.07) is 3.75. The number of nitrogens with one attached hydrogen (secondary N) is 2. The molecule has 108 valence electrons. The number of amides is 1. The van der Waals surface area contributed by atoms with E-state index < -0.39 is 0 Å². The predicted octanol–water partition coefficient (Wildman–Crippen LogP) is 3.74. The first kappa shape index (κ1) is 14.4. The lowest BCUT2D eigenvalue weighted by atomic mass is 9.92. The first-order valence-corrected chi connectivity index (χ1v) is 8.16. The highest BCUT2D eigenvalue weighted by molar-refractivity contribution is 9.10. The topological polar surface area (TPSA) is 41.1 Å². The molecule has 0 radical (unpaired) electrons. The van der Waals surface area contributed by atoms with Gasteiger partial charge in [-0.25, -0.2) is 0 Å². The highest BCUT2D eigenvalue weighted by Gasteiger charge is 2.57. The highest BCUT2D eigenvalue weighted by Crippen LogP contribution is 2.58. The molecule has 0 aromatic heterocycles. The van der Waals surface area contributed by atoms with E-state index >= 15 is 0 Å². The van der Waals surface area contributed by atoms with E-state index in [-0.39, 0.29) is 17.2 Å². The Morgan fingerprint density at radius 3 is 2.85 bits per heavy atom. The van der Waals surface area contributed by atoms with Gasteiger partial charge in [-0.3, -0.25) is 4.79 Å². The molecule has 1 saturated heterocycles. The van der Waals surface area contributed by atoms with Gasteiger partial charge in [-0.2, -0.15) is 0 Å². The zero-order valence-electron chi connectivity index (χ0n) is 11.4. The summed E-state index contributed by atoms with van der Waals surface area (Å²) < 4.78 is 0.882. The lowest BCUT2D eigenvalue weighted by Gasteiger charge is -2.23. The summed E-state index contributed by atoms with van der Waals surface area (Å²) in [6.45, 7) is 4.01. The van der Waals surface area contributed by atoms with Crippen LogP contribution < -0.4 is 10.6 Å². The molecule has 20 heavy (non-hydrogen) atoms. The van der Waals surface area contributed by atoms with Crippen LogP contribution in [0.3, 0.4) is 0 Å². The minimum atomic E-state index is 0.132. The van der Waals surface area contributed by atoms with Crippen molar-refractivity contribution < 1.29 is 4.79 Å². The molecule has 1 aromatic rings. The van der Waals surface area contributed by atoms with Gasteiger partial charge in [-0.1, -0.05) is 11.6 Å². The predicted molar refractivity (Wildman–Crippen MR) is 85.2 cm³/mol. The van der Waals surface area contributed by atoms with Crippen molar-refractivity contribution in [1.29, 1.82) is 0 Å². The first-order valence-electron chi connectivity index (χ1n) is 6.99. The molecule has 1 heterocycles. The summed E-state index contributed by atoms with van der Waals surface area (Å²) in [5.74, 6) is 0.295. The highest BCUT2D eigenvalue weighted by atomic mass is 79.9. The number of carbonyl (C=O) groups excluding carboxylic acids is 1. The van der Waals surface area contributed by atoms with Crippen LogP contribution in [0.15, 0.2) is 16.6 Å². The van der Waals surface area contributed by atoms with Gasteiger partial charge in [0.05, 0.1) is 5.69 Å². The van der Waals surface area contributed by atoms with Crippen LogP contribution in [0.1, 0.15) is 24.8 Å². The maximum Gasteiger partial charge on any atom is 0.228 e. The second-order valence-corrected chi connectivity index (χ2v) is 7.20. The zero-order valence-corrected chi connectivity index (χ0v) is 13.8. The Hall–Kier alpha value is -0.580. The maximum atomic E-state index is 12.4. The Morgan fingerprint density at radius 1 is 1.45 bits per heavy atom. The van der Waals surface area contributed by atoms with Crippen molar-refractivity contribution in [2.24, 2.45) is 11.3 Å². The van der Waals surface area contributed by atoms with Gasteiger partial charge in [0.1, 0.15) is 0 Å². The van der Waals surface area contributed by atoms with E-state index in [9.17, 15) is 4.79 Å². The molecule has 1 aromatic carbocycles. The number of rotatable bonds is 2. The fourth-order valence-electron chi connectivity index (χ4n) is 3.16. The van der Waals surface area contributed by atoms with E-state index in [0.29, 0.717) is 5.02 Å². The number of hydrogen-bond donors (Lipinski definition) is 2. The fraction of sp³-hybridized carbons (Fsp3) is 0.533. The van der Waals surface area contributed by atoms with Crippen molar-refractivity contribution in [3.63, 3.8) is 0 Å². The second-order valence-electron chi connectivity index (χ2n) is 5.94. The van der Waals surface area contributed by atoms with Crippen molar-refractivity contribution in [3.05, 3.63) is 27.2 Å². The molecule has 1 aliphatic heterocycles. The molecule has 1 amide bonds. The molecule has 3 nitrogen and oxygen atoms in total. The quantitative estimate of drug-likeness (QED) is 0.846. The summed E-state index contributed by atoms with van der Waals surface area (Å²) >= 11 is 9.61. The summed E-state index contributed by atoms with van der Waals surface area (Å²) in [5.41, 5.74) is 2.02. The zero-order chi connectivity index (χ0) is 14.3. The summed E-state index contributed by atoms with van der Waals surface area (Å²) in [6.07, 6.45) is 3.25. The van der Waals surface area contributed by atoms with Crippen LogP contribution in [0.2, 0.25) is 5.02 Å². The molecule has 1 atom stereocenters. The molecule has 1 aliphatic carbocycles. The molecule has 5 heteroatoms. The van der Waals surface area contributed by atoms with Crippen molar-refractivity contribution in [2.45, 2.75) is 26.2 Å². The summed E-state index contributed by atoms with van der Waals surface area (Å²) in [7, 11) is 0. The molecule has 2 fully saturated rings. The number of piperidine rings is 1. The van der Waals surface area contributed by atoms with Gasteiger partial charge in [0.25, 0.3) is 0 Å². The normalized spacial score (nSPS) is 23.6. The molecule has 1 saturated carbocycles. The average molecular weight is 358 g/mol. The van der Waals surface area contributed by atoms with Crippen LogP contribution in [0, 0.1) is 18.3 Å². The largest absolute Gasteiger partial charge is 0.325 e. The third kappa shape index (κ3) is 2.61. The van der Waals surface area contributed by atoms with E-state index in [0.717, 1.165) is 48.1 Å². The molecular weight excluding hydrogens is 340 g/mol. The van der Waals surface area contributed by atoms with Gasteiger partial charge < -0.3 is 10.6 Å². The summed E-state index contributed by atoms with van der Waals surface area (Å²) in [4.78, 5) is 12.4. The lowest BCUT2D eigenvalue weighted by molar-refractivity contribution is -0.118. The van der Waals surface area contributed by atoms with Crippen molar-refractivity contribution in [1.82, 2.24) is 5.32 Å². The molecule has 1 unspecified atom stereocenters. The average Bonchev–Trinajstić information content (AvgIpc) is 3.10. The van der Waals surface area contributed by atoms with Gasteiger partial charge in [-0.05, 0) is 78.3 Å². The van der Waals surface area contributed by atoms with Crippen LogP contribution in [-0.2, 0) is 4.79 Å². The Balaban J connectivity index is 1.70. The van der Waals surface area contributed by atoms with Crippen molar-refractivity contribution in [3.8, 4) is 0 Å². The number of benzene rings is 1. The molecule has 2 N–H and O–H groups in total. The Labute approximate surface area is 132 Å². The number of aryl methyl sites for hydroxylation is 1. The fourth-order valence-corrected chi connectivity index (χ4v) is 3.88. The van der Waals surface area contributed by atoms with Crippen molar-refractivity contribution >= 4 is 39.1 Å². The number of hydrogen-bond acceptors (Lipinski definition) is 2. The van der Waals surface area contributed by atoms with E-state index in [4.69, 9.17) is 11.6 Å². The number of carbonyl (C=O) groups is 1. The molecule has 0 bridgehead atoms. The molecule has 3 rings (SSSR count). The second kappa shape index (κ2) is 5.32. The van der Waals surface area contributed by atoms with Crippen LogP contribution in [0.25, 0.3) is 0 Å². The van der Waals surface area contributed by atoms with E-state index in [1.807, 2.05) is 19.1 Å². The van der Waals surface area contributed by atoms with Gasteiger partial charge in [0.2, 0.25) is 5.91 Å². The minimum absolute atomic E-state index is 0.132. The Morgan fingerprint density at radius 2 is 2.15 bits per heavy atom. The smallest absolute Gasteiger partial charge is 0.228 e.